The SMILES string of the molecule is C1CCOC1.C=C(C)CBr.C=C(C)COc1cc(Br)ccc1[N+](=O)[O-].CC(C)(C)OC(=O)N1CC=C(B2OC(C)(C)C(C)(C)O2)CC1.CC(C)(C)OC(=O)N1CC=C(c2ccc([N+](=O)[O-])c3c2CC(C)(C)O3)CC1.CC(C)(C)OC(=O)N1CCC(c2ccc(N)c3c2CC(C)(C)O3)CC1.CC1(C)Cc2c(Br)ccc([N+](=O)[O-])c2O1.Nc1c(Br)cc(F)cc1C(=O)O.Nc1ccc(F)cc1C(=O)O.O=[N+]([O-])c1ccc(Br)cc1O.[B]. The van der Waals surface area contributed by atoms with Crippen molar-refractivity contribution in [3.63, 3.8) is 0 Å². The minimum absolute atomic E-state index is 0. The summed E-state index contributed by atoms with van der Waals surface area (Å²) in [6.07, 6.45) is 11.3. The van der Waals surface area contributed by atoms with Crippen LogP contribution in [0.15, 0.2) is 163 Å². The van der Waals surface area contributed by atoms with Crippen molar-refractivity contribution < 1.29 is 115 Å². The monoisotopic (exact) mass is 2390 g/mol. The number of nitrogen functional groups attached to an aromatic ring is 3. The number of carboxylic acids is 2. The summed E-state index contributed by atoms with van der Waals surface area (Å²) in [4.78, 5) is 104. The lowest BCUT2D eigenvalue weighted by Crippen LogP contribution is -2.41. The van der Waals surface area contributed by atoms with E-state index >= 15 is 0 Å². The van der Waals surface area contributed by atoms with Crippen LogP contribution in [-0.4, -0.2) is 205 Å². The number of likely N-dealkylation sites (tertiary alicyclic amines) is 1. The predicted molar refractivity (Wildman–Crippen MR) is 588 cm³/mol. The molecule has 3 amide bonds. The van der Waals surface area contributed by atoms with Gasteiger partial charge < -0.3 is 94.4 Å². The van der Waals surface area contributed by atoms with Gasteiger partial charge in [0.1, 0.15) is 57.6 Å². The van der Waals surface area contributed by atoms with Crippen LogP contribution in [0.1, 0.15) is 238 Å². The molecule has 45 heteroatoms. The maximum Gasteiger partial charge on any atom is 0.490 e. The number of phenolic OH excluding ortho intramolecular Hbond substituents is 1. The molecule has 7 aromatic carbocycles. The summed E-state index contributed by atoms with van der Waals surface area (Å²) in [5, 5.41) is 69.9. The fourth-order valence-electron chi connectivity index (χ4n) is 15.0. The van der Waals surface area contributed by atoms with Crippen molar-refractivity contribution in [3.05, 3.63) is 254 Å². The van der Waals surface area contributed by atoms with Crippen molar-refractivity contribution >= 4 is 171 Å². The molecule has 8 aliphatic rings. The number of aromatic carboxylic acids is 2. The zero-order chi connectivity index (χ0) is 112. The molecular formula is C104H134B2Br5F2N10O26. The molecule has 0 aromatic heterocycles. The Kier molecular flexibility index (Phi) is 47.2. The van der Waals surface area contributed by atoms with E-state index in [2.05, 4.69) is 113 Å². The standard InChI is InChI=1S/C20H26N2O5.C20H30N2O3.C16H28BNO4.2C10H10BrNO3.C7H5BrFNO2.C7H6FNO2.C6H4BrNO3.C4H7Br.C4H8O.B/c1-19(2,3)27-18(23)21-10-8-13(9-11-21)14-6-7-16(22(24)25)17-15(14)12-20(4,5)26-17;1-19(2,3)25-18(23)22-10-8-13(9-11-22)14-6-7-16(21)17-15(14)12-20(4,5)24-17;1-14(2,3)20-13(19)18-10-8-12(9-11-18)17-21-15(4,5)16(6,7)22-17;1-10(2)5-6-7(11)3-4-8(12(13)14)9(6)15-10;1-7(2)6-15-10-5-8(11)3-4-9(10)12(13)14;8-5-2-3(9)1-4(6(5)10)7(11)12;8-4-1-2-6(9)5(3-4)7(10)11;7-4-1-2-5(8(10)11)6(9)3-4;1-4(2)3-5;1-2-4-5-3-1;/h6-8H,9-12H2,1-5H3;6-7,13H,8-12,21H2,1-5H3;8H,9-11H2,1-7H3;3-4H,5H2,1-2H3;3-5H,1,6H2,2H3;1-2H,10H2,(H,11,12);1-3H,9H2,(H,10,11);1-3,9H;1,3H2,2H3;1-4H2;. The molecule has 0 bridgehead atoms. The summed E-state index contributed by atoms with van der Waals surface area (Å²) in [5.74, 6) is -1.71. The van der Waals surface area contributed by atoms with E-state index in [0.29, 0.717) is 67.3 Å². The van der Waals surface area contributed by atoms with E-state index in [9.17, 15) is 73.2 Å². The fourth-order valence-corrected chi connectivity index (χ4v) is 16.6. The number of amides is 3. The van der Waals surface area contributed by atoms with Crippen LogP contribution in [0.3, 0.4) is 0 Å². The highest BCUT2D eigenvalue weighted by Crippen LogP contribution is 2.50. The number of rotatable bonds is 13. The third kappa shape index (κ3) is 40.0. The van der Waals surface area contributed by atoms with Gasteiger partial charge in [0.15, 0.2) is 11.5 Å². The fraction of sp³-hybridized carbons (Fsp3) is 0.471. The molecule has 3 fully saturated rings. The van der Waals surface area contributed by atoms with Crippen molar-refractivity contribution in [2.75, 3.05) is 81.6 Å². The second kappa shape index (κ2) is 55.0. The third-order valence-electron chi connectivity index (χ3n) is 22.7. The quantitative estimate of drug-likeness (QED) is 0.0119. The molecule has 8 heterocycles. The lowest BCUT2D eigenvalue weighted by Gasteiger charge is -2.34. The smallest absolute Gasteiger partial charge is 0.490 e. The Morgan fingerprint density at radius 3 is 1.38 bits per heavy atom. The molecule has 0 unspecified atom stereocenters. The minimum Gasteiger partial charge on any atom is -0.502 e. The first-order valence-electron chi connectivity index (χ1n) is 47.2. The number of benzene rings is 7. The summed E-state index contributed by atoms with van der Waals surface area (Å²) in [7, 11) is -0.314. The van der Waals surface area contributed by atoms with E-state index < -0.39 is 65.7 Å². The number of carbonyl (C=O) groups is 5. The van der Waals surface area contributed by atoms with Gasteiger partial charge in [0.2, 0.25) is 11.5 Å². The number of anilines is 3. The first-order chi connectivity index (χ1) is 68.4. The number of allylic oxidation sites excluding steroid dienone is 1. The summed E-state index contributed by atoms with van der Waals surface area (Å²) < 4.78 is 83.6. The van der Waals surface area contributed by atoms with Gasteiger partial charge in [-0.2, -0.15) is 0 Å². The first-order valence-corrected chi connectivity index (χ1v) is 51.5. The number of nitro benzene ring substituents is 4. The molecular weight excluding hydrogens is 2260 g/mol. The molecule has 7 aromatic rings. The number of alkyl halides is 1. The van der Waals surface area contributed by atoms with Gasteiger partial charge >= 0.3 is 60.1 Å². The van der Waals surface area contributed by atoms with Gasteiger partial charge in [-0.1, -0.05) is 101 Å². The van der Waals surface area contributed by atoms with Gasteiger partial charge in [0.25, 0.3) is 0 Å². The van der Waals surface area contributed by atoms with Crippen LogP contribution in [-0.2, 0) is 47.5 Å². The van der Waals surface area contributed by atoms with E-state index in [4.69, 9.17) is 79.7 Å². The molecule has 0 spiro atoms. The third-order valence-corrected chi connectivity index (χ3v) is 26.0. The number of halogens is 7. The van der Waals surface area contributed by atoms with Crippen molar-refractivity contribution in [3.8, 4) is 28.7 Å². The van der Waals surface area contributed by atoms with Crippen LogP contribution in [0, 0.1) is 52.1 Å². The molecule has 36 nitrogen and oxygen atoms in total. The second-order valence-electron chi connectivity index (χ2n) is 41.3. The molecule has 8 aliphatic heterocycles. The van der Waals surface area contributed by atoms with E-state index in [-0.39, 0.29) is 124 Å². The van der Waals surface area contributed by atoms with E-state index in [1.807, 2.05) is 148 Å². The Hall–Kier alpha value is -11.5. The van der Waals surface area contributed by atoms with Crippen molar-refractivity contribution in [2.24, 2.45) is 0 Å². The van der Waals surface area contributed by atoms with Crippen LogP contribution in [0.4, 0.5) is 63.0 Å². The Balaban J connectivity index is 0.000000300. The highest BCUT2D eigenvalue weighted by Gasteiger charge is 2.53. The van der Waals surface area contributed by atoms with Crippen LogP contribution in [0.5, 0.6) is 28.7 Å². The zero-order valence-electron chi connectivity index (χ0n) is 87.8. The van der Waals surface area contributed by atoms with E-state index in [0.717, 1.165) is 135 Å². The number of piperidine rings is 1. The molecule has 3 saturated heterocycles. The summed E-state index contributed by atoms with van der Waals surface area (Å²) in [5.41, 5.74) is 23.2. The van der Waals surface area contributed by atoms with Gasteiger partial charge in [-0.15, -0.1) is 0 Å². The maximum absolute atomic E-state index is 12.6. The number of phenols is 1. The number of fused-ring (bicyclic) bond motifs is 3. The van der Waals surface area contributed by atoms with Gasteiger partial charge in [0, 0.05) is 162 Å². The number of nitrogens with two attached hydrogens (primary N) is 3. The second-order valence-corrected chi connectivity index (χ2v) is 45.4. The molecule has 0 atom stereocenters. The van der Waals surface area contributed by atoms with Crippen molar-refractivity contribution in [1.82, 2.24) is 14.7 Å². The molecule has 149 heavy (non-hydrogen) atoms. The number of nitrogens with zero attached hydrogens (tertiary/aromatic N) is 7. The molecule has 9 N–H and O–H groups in total. The molecule has 0 aliphatic carbocycles. The lowest BCUT2D eigenvalue weighted by atomic mass is 9.75. The van der Waals surface area contributed by atoms with Crippen LogP contribution < -0.4 is 36.1 Å². The number of ether oxygens (including phenoxy) is 8. The molecule has 811 valence electrons. The number of carbonyl (C=O) groups excluding carboxylic acids is 3. The Morgan fingerprint density at radius 1 is 0.517 bits per heavy atom. The number of hydrogen-bond acceptors (Lipinski definition) is 27. The van der Waals surface area contributed by atoms with Crippen molar-refractivity contribution in [2.45, 2.75) is 254 Å². The maximum atomic E-state index is 12.6. The topological polar surface area (TPSA) is 499 Å². The molecule has 0 saturated carbocycles. The van der Waals surface area contributed by atoms with Gasteiger partial charge in [-0.25, -0.2) is 32.8 Å². The Bertz CT molecular complexity index is 6030. The van der Waals surface area contributed by atoms with Crippen molar-refractivity contribution in [1.29, 1.82) is 0 Å². The van der Waals surface area contributed by atoms with E-state index in [1.54, 1.807) is 41.0 Å². The van der Waals surface area contributed by atoms with Gasteiger partial charge in [0.05, 0.1) is 53.4 Å². The summed E-state index contributed by atoms with van der Waals surface area (Å²) in [6, 6.07) is 24.4. The molecule has 15 rings (SSSR count). The Morgan fingerprint density at radius 2 is 0.946 bits per heavy atom. The highest BCUT2D eigenvalue weighted by molar-refractivity contribution is 9.11. The average molecular weight is 2400 g/mol. The molecule has 3 radical (unpaired) electrons. The number of carboxylic acid groups (broad SMARTS) is 2. The van der Waals surface area contributed by atoms with Crippen LogP contribution >= 0.6 is 79.6 Å². The number of hydrogen-bond donors (Lipinski definition) is 6. The van der Waals surface area contributed by atoms with Crippen LogP contribution in [0.25, 0.3) is 5.57 Å². The van der Waals surface area contributed by atoms with Gasteiger partial charge in [-0.3, -0.25) is 40.5 Å². The van der Waals surface area contributed by atoms with Crippen LogP contribution in [0.2, 0.25) is 0 Å². The predicted octanol–water partition coefficient (Wildman–Crippen LogP) is 25.4. The number of aromatic hydroxyl groups is 1. The first kappa shape index (κ1) is 128. The van der Waals surface area contributed by atoms with Gasteiger partial charge in [-0.05, 0) is 294 Å². The number of nitro groups is 4. The summed E-state index contributed by atoms with van der Waals surface area (Å²) in [6.45, 7) is 53.9. The highest BCUT2D eigenvalue weighted by atomic mass is 79.9. The lowest BCUT2D eigenvalue weighted by molar-refractivity contribution is -0.386. The largest absolute Gasteiger partial charge is 0.502 e. The average Bonchev–Trinajstić information content (AvgIpc) is 1.66. The normalized spacial score (nSPS) is 16.2. The zero-order valence-corrected chi connectivity index (χ0v) is 95.7. The Labute approximate surface area is 912 Å². The summed E-state index contributed by atoms with van der Waals surface area (Å²) >= 11 is 15.8. The minimum atomic E-state index is -1.24. The van der Waals surface area contributed by atoms with E-state index in [1.165, 1.54) is 72.0 Å².